The molecule has 0 fully saturated rings. The lowest BCUT2D eigenvalue weighted by atomic mass is 10.1. The zero-order valence-corrected chi connectivity index (χ0v) is 12.3. The van der Waals surface area contributed by atoms with E-state index in [0.717, 1.165) is 17.0 Å². The second kappa shape index (κ2) is 6.61. The molecule has 3 nitrogen and oxygen atoms in total. The number of rotatable bonds is 5. The van der Waals surface area contributed by atoms with Crippen LogP contribution in [0.4, 0.5) is 4.39 Å². The number of halogens is 1. The van der Waals surface area contributed by atoms with Gasteiger partial charge in [0.2, 0.25) is 0 Å². The van der Waals surface area contributed by atoms with Gasteiger partial charge in [-0.1, -0.05) is 19.1 Å². The van der Waals surface area contributed by atoms with Gasteiger partial charge < -0.3 is 4.74 Å². The van der Waals surface area contributed by atoms with Crippen molar-refractivity contribution in [1.29, 1.82) is 0 Å². The molecule has 1 aromatic heterocycles. The molecular formula is C15H16FNO2S. The van der Waals surface area contributed by atoms with E-state index in [-0.39, 0.29) is 11.8 Å². The fourth-order valence-corrected chi connectivity index (χ4v) is 2.78. The smallest absolute Gasteiger partial charge is 0.350 e. The predicted octanol–water partition coefficient (Wildman–Crippen LogP) is 3.61. The number of nitrogens with zero attached hydrogens (tertiary/aromatic N) is 1. The number of carbonyl (C=O) groups excluding carboxylic acids is 1. The van der Waals surface area contributed by atoms with Crippen LogP contribution in [0, 0.1) is 5.82 Å². The highest BCUT2D eigenvalue weighted by Gasteiger charge is 2.18. The van der Waals surface area contributed by atoms with Gasteiger partial charge in [-0.3, -0.25) is 0 Å². The van der Waals surface area contributed by atoms with Gasteiger partial charge >= 0.3 is 5.97 Å². The van der Waals surface area contributed by atoms with Crippen molar-refractivity contribution in [2.24, 2.45) is 0 Å². The Bertz CT molecular complexity index is 610. The van der Waals surface area contributed by atoms with E-state index in [2.05, 4.69) is 4.98 Å². The number of aromatic nitrogens is 1. The highest BCUT2D eigenvalue weighted by molar-refractivity contribution is 7.13. The van der Waals surface area contributed by atoms with Gasteiger partial charge in [0.05, 0.1) is 17.3 Å². The average Bonchev–Trinajstić information content (AvgIpc) is 2.82. The lowest BCUT2D eigenvalue weighted by molar-refractivity contribution is 0.0530. The fourth-order valence-electron chi connectivity index (χ4n) is 1.87. The molecule has 0 aliphatic rings. The zero-order valence-electron chi connectivity index (χ0n) is 11.5. The molecular weight excluding hydrogens is 277 g/mol. The van der Waals surface area contributed by atoms with Crippen molar-refractivity contribution < 1.29 is 13.9 Å². The van der Waals surface area contributed by atoms with Crippen LogP contribution >= 0.6 is 11.3 Å². The molecule has 0 N–H and O–H groups in total. The summed E-state index contributed by atoms with van der Waals surface area (Å²) in [7, 11) is 0. The van der Waals surface area contributed by atoms with Gasteiger partial charge in [0.25, 0.3) is 0 Å². The largest absolute Gasteiger partial charge is 0.462 e. The Morgan fingerprint density at radius 3 is 2.85 bits per heavy atom. The van der Waals surface area contributed by atoms with Crippen LogP contribution in [0.1, 0.15) is 39.8 Å². The predicted molar refractivity (Wildman–Crippen MR) is 76.7 cm³/mol. The Hall–Kier alpha value is -1.75. The molecule has 1 heterocycles. The molecule has 2 aromatic rings. The van der Waals surface area contributed by atoms with E-state index in [1.54, 1.807) is 13.0 Å². The summed E-state index contributed by atoms with van der Waals surface area (Å²) in [5.74, 6) is -0.637. The SMILES string of the molecule is CCOC(=O)c1sc(CC)nc1Cc1cccc(F)c1. The molecule has 0 saturated heterocycles. The maximum atomic E-state index is 13.2. The number of carbonyl (C=O) groups is 1. The van der Waals surface area contributed by atoms with Crippen LogP contribution in [0.5, 0.6) is 0 Å². The molecule has 0 saturated carbocycles. The van der Waals surface area contributed by atoms with Gasteiger partial charge in [0.15, 0.2) is 0 Å². The van der Waals surface area contributed by atoms with Crippen LogP contribution in [0.3, 0.4) is 0 Å². The van der Waals surface area contributed by atoms with Gasteiger partial charge in [0.1, 0.15) is 10.7 Å². The summed E-state index contributed by atoms with van der Waals surface area (Å²) < 4.78 is 18.3. The van der Waals surface area contributed by atoms with Crippen LogP contribution in [0.2, 0.25) is 0 Å². The van der Waals surface area contributed by atoms with E-state index < -0.39 is 0 Å². The molecule has 0 atom stereocenters. The van der Waals surface area contributed by atoms with Crippen molar-refractivity contribution in [2.45, 2.75) is 26.7 Å². The van der Waals surface area contributed by atoms with Crippen molar-refractivity contribution in [3.05, 3.63) is 51.2 Å². The van der Waals surface area contributed by atoms with Gasteiger partial charge in [-0.05, 0) is 31.0 Å². The van der Waals surface area contributed by atoms with E-state index in [1.807, 2.05) is 13.0 Å². The standard InChI is InChI=1S/C15H16FNO2S/c1-3-13-17-12(14(20-13)15(18)19-4-2)9-10-6-5-7-11(16)8-10/h5-8H,3-4,9H2,1-2H3. The zero-order chi connectivity index (χ0) is 14.5. The molecule has 0 unspecified atom stereocenters. The third kappa shape index (κ3) is 3.42. The second-order valence-electron chi connectivity index (χ2n) is 4.26. The summed E-state index contributed by atoms with van der Waals surface area (Å²) in [6.07, 6.45) is 1.20. The lowest BCUT2D eigenvalue weighted by Crippen LogP contribution is -2.06. The Labute approximate surface area is 121 Å². The van der Waals surface area contributed by atoms with Crippen LogP contribution in [-0.4, -0.2) is 17.6 Å². The molecule has 2 rings (SSSR count). The minimum atomic E-state index is -0.351. The number of thiazole rings is 1. The Morgan fingerprint density at radius 2 is 2.20 bits per heavy atom. The average molecular weight is 293 g/mol. The first-order valence-electron chi connectivity index (χ1n) is 6.54. The summed E-state index contributed by atoms with van der Waals surface area (Å²) in [6, 6.07) is 6.33. The first-order valence-corrected chi connectivity index (χ1v) is 7.35. The number of esters is 1. The third-order valence-electron chi connectivity index (χ3n) is 2.77. The number of hydrogen-bond donors (Lipinski definition) is 0. The van der Waals surface area contributed by atoms with Gasteiger partial charge in [-0.15, -0.1) is 11.3 Å². The monoisotopic (exact) mass is 293 g/mol. The maximum Gasteiger partial charge on any atom is 0.350 e. The van der Waals surface area contributed by atoms with E-state index in [0.29, 0.717) is 23.6 Å². The molecule has 0 aliphatic heterocycles. The summed E-state index contributed by atoms with van der Waals surface area (Å²) in [5, 5.41) is 0.888. The molecule has 1 aromatic carbocycles. The first kappa shape index (κ1) is 14.7. The van der Waals surface area contributed by atoms with Crippen molar-refractivity contribution in [3.63, 3.8) is 0 Å². The highest BCUT2D eigenvalue weighted by Crippen LogP contribution is 2.23. The second-order valence-corrected chi connectivity index (χ2v) is 5.35. The van der Waals surface area contributed by atoms with Crippen molar-refractivity contribution in [2.75, 3.05) is 6.61 Å². The summed E-state index contributed by atoms with van der Waals surface area (Å²) in [5.41, 5.74) is 1.46. The Kier molecular flexibility index (Phi) is 4.84. The minimum absolute atomic E-state index is 0.286. The third-order valence-corrected chi connectivity index (χ3v) is 3.99. The van der Waals surface area contributed by atoms with Gasteiger partial charge in [-0.2, -0.15) is 0 Å². The number of aryl methyl sites for hydroxylation is 1. The summed E-state index contributed by atoms with van der Waals surface area (Å²) in [4.78, 5) is 16.9. The van der Waals surface area contributed by atoms with Crippen molar-refractivity contribution in [1.82, 2.24) is 4.98 Å². The fraction of sp³-hybridized carbons (Fsp3) is 0.333. The van der Waals surface area contributed by atoms with Gasteiger partial charge in [-0.25, -0.2) is 14.2 Å². The minimum Gasteiger partial charge on any atom is -0.462 e. The topological polar surface area (TPSA) is 39.2 Å². The van der Waals surface area contributed by atoms with E-state index >= 15 is 0 Å². The van der Waals surface area contributed by atoms with Crippen LogP contribution in [0.15, 0.2) is 24.3 Å². The normalized spacial score (nSPS) is 10.6. The van der Waals surface area contributed by atoms with E-state index in [1.165, 1.54) is 23.5 Å². The Morgan fingerprint density at radius 1 is 1.40 bits per heavy atom. The molecule has 20 heavy (non-hydrogen) atoms. The Balaban J connectivity index is 2.30. The lowest BCUT2D eigenvalue weighted by Gasteiger charge is -2.03. The van der Waals surface area contributed by atoms with Crippen molar-refractivity contribution in [3.8, 4) is 0 Å². The van der Waals surface area contributed by atoms with Crippen molar-refractivity contribution >= 4 is 17.3 Å². The molecule has 5 heteroatoms. The number of benzene rings is 1. The van der Waals surface area contributed by atoms with Crippen LogP contribution in [-0.2, 0) is 17.6 Å². The molecule has 106 valence electrons. The van der Waals surface area contributed by atoms with Crippen LogP contribution < -0.4 is 0 Å². The quantitative estimate of drug-likeness (QED) is 0.790. The summed E-state index contributed by atoms with van der Waals surface area (Å²) in [6.45, 7) is 4.09. The van der Waals surface area contributed by atoms with E-state index in [4.69, 9.17) is 4.74 Å². The maximum absolute atomic E-state index is 13.2. The molecule has 0 bridgehead atoms. The number of hydrogen-bond acceptors (Lipinski definition) is 4. The van der Waals surface area contributed by atoms with Crippen LogP contribution in [0.25, 0.3) is 0 Å². The molecule has 0 radical (unpaired) electrons. The van der Waals surface area contributed by atoms with E-state index in [9.17, 15) is 9.18 Å². The van der Waals surface area contributed by atoms with Gasteiger partial charge in [0, 0.05) is 6.42 Å². The molecule has 0 amide bonds. The molecule has 0 aliphatic carbocycles. The number of ether oxygens (including phenoxy) is 1. The first-order chi connectivity index (χ1) is 9.63. The summed E-state index contributed by atoms with van der Waals surface area (Å²) >= 11 is 1.35. The highest BCUT2D eigenvalue weighted by atomic mass is 32.1. The molecule has 0 spiro atoms.